The van der Waals surface area contributed by atoms with Crippen molar-refractivity contribution in [1.29, 1.82) is 0 Å². The normalized spacial score (nSPS) is 37.8. The van der Waals surface area contributed by atoms with E-state index >= 15 is 0 Å². The highest BCUT2D eigenvalue weighted by Crippen LogP contribution is 2.68. The van der Waals surface area contributed by atoms with Gasteiger partial charge in [-0.25, -0.2) is 0 Å². The Morgan fingerprint density at radius 2 is 1.85 bits per heavy atom. The molecule has 0 spiro atoms. The molecule has 0 aliphatic heterocycles. The number of hydrogen-bond acceptors (Lipinski definition) is 2. The van der Waals surface area contributed by atoms with Crippen molar-refractivity contribution in [3.8, 4) is 0 Å². The molecule has 1 aromatic carbocycles. The summed E-state index contributed by atoms with van der Waals surface area (Å²) in [4.78, 5) is 0. The molecule has 0 heterocycles. The average molecular weight is 292 g/mol. The Labute approximate surface area is 122 Å². The van der Waals surface area contributed by atoms with Crippen LogP contribution in [0.1, 0.15) is 40.0 Å². The van der Waals surface area contributed by atoms with Gasteiger partial charge in [0, 0.05) is 12.0 Å². The van der Waals surface area contributed by atoms with Crippen molar-refractivity contribution in [2.75, 3.05) is 6.66 Å². The highest BCUT2D eigenvalue weighted by atomic mass is 31.2. The number of rotatable bonds is 3. The zero-order valence-electron chi connectivity index (χ0n) is 12.9. The van der Waals surface area contributed by atoms with E-state index in [-0.39, 0.29) is 11.5 Å². The molecule has 20 heavy (non-hydrogen) atoms. The van der Waals surface area contributed by atoms with Gasteiger partial charge in [0.25, 0.3) is 0 Å². The first kappa shape index (κ1) is 14.4. The van der Waals surface area contributed by atoms with Crippen LogP contribution in [0.25, 0.3) is 0 Å². The molecule has 0 N–H and O–H groups in total. The van der Waals surface area contributed by atoms with Crippen molar-refractivity contribution in [2.24, 2.45) is 16.7 Å². The van der Waals surface area contributed by atoms with Gasteiger partial charge >= 0.3 is 0 Å². The maximum Gasteiger partial charge on any atom is 0.229 e. The second-order valence-electron chi connectivity index (χ2n) is 7.39. The molecule has 0 saturated heterocycles. The van der Waals surface area contributed by atoms with Crippen LogP contribution in [0.15, 0.2) is 30.3 Å². The Kier molecular flexibility index (Phi) is 3.19. The zero-order chi connectivity index (χ0) is 14.6. The minimum atomic E-state index is -2.72. The zero-order valence-corrected chi connectivity index (χ0v) is 13.8. The third-order valence-corrected chi connectivity index (χ3v) is 8.16. The smallest absolute Gasteiger partial charge is 0.229 e. The highest BCUT2D eigenvalue weighted by Gasteiger charge is 2.62. The van der Waals surface area contributed by atoms with E-state index in [0.29, 0.717) is 11.3 Å². The van der Waals surface area contributed by atoms with Crippen molar-refractivity contribution in [2.45, 2.75) is 46.1 Å². The Hall–Kier alpha value is -0.590. The van der Waals surface area contributed by atoms with Crippen LogP contribution in [0.3, 0.4) is 0 Å². The first-order valence-electron chi connectivity index (χ1n) is 7.59. The summed E-state index contributed by atoms with van der Waals surface area (Å²) in [6, 6.07) is 9.65. The van der Waals surface area contributed by atoms with Crippen LogP contribution >= 0.6 is 7.37 Å². The molecule has 2 fully saturated rings. The SMILES string of the molecule is CC1(C)[C@H]2CC[C@]1(C)[C@H](OP(C)(=O)c1ccccc1)C2. The molecule has 0 amide bonds. The summed E-state index contributed by atoms with van der Waals surface area (Å²) in [6.45, 7) is 8.81. The van der Waals surface area contributed by atoms with Crippen LogP contribution in [0.2, 0.25) is 0 Å². The molecule has 2 nitrogen and oxygen atoms in total. The topological polar surface area (TPSA) is 26.3 Å². The van der Waals surface area contributed by atoms with Gasteiger partial charge in [0.15, 0.2) is 0 Å². The summed E-state index contributed by atoms with van der Waals surface area (Å²) >= 11 is 0. The predicted octanol–water partition coefficient (Wildman–Crippen LogP) is 4.45. The Balaban J connectivity index is 1.85. The summed E-state index contributed by atoms with van der Waals surface area (Å²) in [5, 5.41) is 0.837. The molecule has 3 heteroatoms. The molecule has 4 atom stereocenters. The second-order valence-corrected chi connectivity index (χ2v) is 9.80. The quantitative estimate of drug-likeness (QED) is 0.769. The second kappa shape index (κ2) is 4.45. The van der Waals surface area contributed by atoms with Crippen LogP contribution in [0.4, 0.5) is 0 Å². The number of benzene rings is 1. The summed E-state index contributed by atoms with van der Waals surface area (Å²) in [6.07, 6.45) is 3.69. The maximum absolute atomic E-state index is 13.0. The maximum atomic E-state index is 13.0. The van der Waals surface area contributed by atoms with Gasteiger partial charge < -0.3 is 4.52 Å². The van der Waals surface area contributed by atoms with Gasteiger partial charge in [-0.15, -0.1) is 0 Å². The van der Waals surface area contributed by atoms with E-state index < -0.39 is 7.37 Å². The standard InChI is InChI=1S/C17H25O2P/c1-16(2)13-10-11-17(16,3)15(12-13)19-20(4,18)14-8-6-5-7-9-14/h5-9,13,15H,10-12H2,1-4H3/t13-,15+,17+,20?/m0/s1. The van der Waals surface area contributed by atoms with Gasteiger partial charge in [-0.2, -0.15) is 0 Å². The van der Waals surface area contributed by atoms with Gasteiger partial charge in [0.05, 0.1) is 6.10 Å². The first-order chi connectivity index (χ1) is 9.27. The molecule has 3 rings (SSSR count). The van der Waals surface area contributed by atoms with Crippen molar-refractivity contribution < 1.29 is 9.09 Å². The largest absolute Gasteiger partial charge is 0.321 e. The molecule has 1 unspecified atom stereocenters. The molecule has 1 aromatic rings. The fourth-order valence-electron chi connectivity index (χ4n) is 4.29. The fraction of sp³-hybridized carbons (Fsp3) is 0.647. The van der Waals surface area contributed by atoms with Crippen LogP contribution in [0, 0.1) is 16.7 Å². The Bertz CT molecular complexity index is 551. The van der Waals surface area contributed by atoms with Crippen LogP contribution in [-0.2, 0) is 9.09 Å². The van der Waals surface area contributed by atoms with Gasteiger partial charge in [-0.1, -0.05) is 39.0 Å². The summed E-state index contributed by atoms with van der Waals surface area (Å²) in [5.41, 5.74) is 0.465. The molecule has 110 valence electrons. The molecular weight excluding hydrogens is 267 g/mol. The van der Waals surface area contributed by atoms with Crippen molar-refractivity contribution >= 4 is 12.7 Å². The lowest BCUT2D eigenvalue weighted by Crippen LogP contribution is -2.37. The molecule has 2 aliphatic carbocycles. The first-order valence-corrected chi connectivity index (χ1v) is 9.66. The fourth-order valence-corrected chi connectivity index (χ4v) is 5.93. The van der Waals surface area contributed by atoms with Crippen molar-refractivity contribution in [1.82, 2.24) is 0 Å². The third kappa shape index (κ3) is 1.92. The Morgan fingerprint density at radius 1 is 1.20 bits per heavy atom. The van der Waals surface area contributed by atoms with Gasteiger partial charge in [-0.05, 0) is 48.1 Å². The van der Waals surface area contributed by atoms with E-state index in [2.05, 4.69) is 20.8 Å². The van der Waals surface area contributed by atoms with E-state index in [9.17, 15) is 4.57 Å². The summed E-state index contributed by atoms with van der Waals surface area (Å²) in [5.74, 6) is 0.716. The van der Waals surface area contributed by atoms with E-state index in [0.717, 1.165) is 11.7 Å². The molecule has 0 radical (unpaired) electrons. The lowest BCUT2D eigenvalue weighted by atomic mass is 9.70. The lowest BCUT2D eigenvalue weighted by molar-refractivity contribution is 0.0340. The van der Waals surface area contributed by atoms with Crippen LogP contribution in [-0.4, -0.2) is 12.8 Å². The molecule has 2 aliphatic rings. The van der Waals surface area contributed by atoms with E-state index in [4.69, 9.17) is 4.52 Å². The monoisotopic (exact) mass is 292 g/mol. The minimum absolute atomic E-state index is 0.132. The number of fused-ring (bicyclic) bond motifs is 2. The molecule has 0 aromatic heterocycles. The Morgan fingerprint density at radius 3 is 2.35 bits per heavy atom. The van der Waals surface area contributed by atoms with Crippen LogP contribution < -0.4 is 5.30 Å². The minimum Gasteiger partial charge on any atom is -0.321 e. The van der Waals surface area contributed by atoms with E-state index in [1.165, 1.54) is 12.8 Å². The summed E-state index contributed by atoms with van der Waals surface area (Å²) in [7, 11) is -2.72. The lowest BCUT2D eigenvalue weighted by Gasteiger charge is -2.39. The van der Waals surface area contributed by atoms with Gasteiger partial charge in [0.1, 0.15) is 0 Å². The van der Waals surface area contributed by atoms with Gasteiger partial charge in [-0.3, -0.25) is 4.57 Å². The highest BCUT2D eigenvalue weighted by molar-refractivity contribution is 7.66. The molecule has 2 saturated carbocycles. The molecular formula is C17H25O2P. The third-order valence-electron chi connectivity index (χ3n) is 6.27. The predicted molar refractivity (Wildman–Crippen MR) is 83.7 cm³/mol. The van der Waals surface area contributed by atoms with E-state index in [1.807, 2.05) is 30.3 Å². The van der Waals surface area contributed by atoms with Crippen molar-refractivity contribution in [3.05, 3.63) is 30.3 Å². The summed E-state index contributed by atoms with van der Waals surface area (Å²) < 4.78 is 19.2. The molecule has 2 bridgehead atoms. The average Bonchev–Trinajstić information content (AvgIpc) is 2.72. The number of hydrogen-bond donors (Lipinski definition) is 0. The van der Waals surface area contributed by atoms with Crippen molar-refractivity contribution in [3.63, 3.8) is 0 Å². The van der Waals surface area contributed by atoms with Gasteiger partial charge in [0.2, 0.25) is 7.37 Å². The van der Waals surface area contributed by atoms with E-state index in [1.54, 1.807) is 6.66 Å². The van der Waals surface area contributed by atoms with Crippen LogP contribution in [0.5, 0.6) is 0 Å².